The molecule has 0 radical (unpaired) electrons. The smallest absolute Gasteiger partial charge is 0.307 e. The van der Waals surface area contributed by atoms with Crippen molar-refractivity contribution in [3.8, 4) is 6.07 Å². The van der Waals surface area contributed by atoms with Crippen LogP contribution >= 0.6 is 15.9 Å². The molecule has 1 atom stereocenters. The summed E-state index contributed by atoms with van der Waals surface area (Å²) in [6.45, 7) is 3.45. The maximum Gasteiger partial charge on any atom is 0.307 e. The molecular formula is C21H22BrN3O4. The van der Waals surface area contributed by atoms with Crippen molar-refractivity contribution in [2.45, 2.75) is 39.2 Å². The summed E-state index contributed by atoms with van der Waals surface area (Å²) in [4.78, 5) is 38.8. The van der Waals surface area contributed by atoms with Crippen LogP contribution in [0.25, 0.3) is 0 Å². The zero-order chi connectivity index (χ0) is 21.6. The minimum absolute atomic E-state index is 0.0131. The van der Waals surface area contributed by atoms with E-state index in [1.165, 1.54) is 7.11 Å². The second-order valence-electron chi connectivity index (χ2n) is 6.62. The molecule has 2 aromatic rings. The Morgan fingerprint density at radius 2 is 1.93 bits per heavy atom. The molecule has 2 rings (SSSR count). The predicted octanol–water partition coefficient (Wildman–Crippen LogP) is 2.98. The molecule has 8 heteroatoms. The van der Waals surface area contributed by atoms with Gasteiger partial charge in [0.2, 0.25) is 5.91 Å². The van der Waals surface area contributed by atoms with Gasteiger partial charge in [0.15, 0.2) is 0 Å². The average Bonchev–Trinajstić information content (AvgIpc) is 2.67. The first-order valence-electron chi connectivity index (χ1n) is 9.00. The van der Waals surface area contributed by atoms with Gasteiger partial charge in [-0.25, -0.2) is 0 Å². The number of esters is 1. The van der Waals surface area contributed by atoms with E-state index in [4.69, 9.17) is 10.00 Å². The highest BCUT2D eigenvalue weighted by atomic mass is 79.9. The van der Waals surface area contributed by atoms with Crippen molar-refractivity contribution in [2.24, 2.45) is 0 Å². The molecule has 1 aromatic carbocycles. The van der Waals surface area contributed by atoms with Gasteiger partial charge in [0.05, 0.1) is 19.6 Å². The molecule has 0 saturated heterocycles. The summed E-state index contributed by atoms with van der Waals surface area (Å²) >= 11 is 3.36. The Hall–Kier alpha value is -2.92. The molecule has 0 spiro atoms. The minimum Gasteiger partial charge on any atom is -0.469 e. The highest BCUT2D eigenvalue weighted by Crippen LogP contribution is 2.21. The lowest BCUT2D eigenvalue weighted by Gasteiger charge is -2.19. The number of H-pyrrole nitrogens is 1. The fourth-order valence-electron chi connectivity index (χ4n) is 3.12. The number of hydrogen-bond acceptors (Lipinski definition) is 5. The fourth-order valence-corrected chi connectivity index (χ4v) is 3.39. The van der Waals surface area contributed by atoms with Gasteiger partial charge in [-0.05, 0) is 49.1 Å². The average molecular weight is 460 g/mol. The van der Waals surface area contributed by atoms with Gasteiger partial charge in [-0.3, -0.25) is 14.4 Å². The van der Waals surface area contributed by atoms with Gasteiger partial charge in [0.1, 0.15) is 11.6 Å². The molecular weight excluding hydrogens is 438 g/mol. The van der Waals surface area contributed by atoms with Crippen LogP contribution in [0.3, 0.4) is 0 Å². The number of carbonyl (C=O) groups excluding carboxylic acids is 2. The lowest BCUT2D eigenvalue weighted by atomic mass is 9.98. The molecule has 0 bridgehead atoms. The van der Waals surface area contributed by atoms with E-state index in [0.717, 1.165) is 15.6 Å². The maximum atomic E-state index is 12.6. The van der Waals surface area contributed by atoms with Crippen molar-refractivity contribution in [3.05, 3.63) is 67.0 Å². The van der Waals surface area contributed by atoms with E-state index < -0.39 is 17.6 Å². The monoisotopic (exact) mass is 459 g/mol. The lowest BCUT2D eigenvalue weighted by Crippen LogP contribution is -2.31. The number of hydrogen-bond donors (Lipinski definition) is 2. The van der Waals surface area contributed by atoms with Gasteiger partial charge < -0.3 is 15.0 Å². The first-order chi connectivity index (χ1) is 13.8. The van der Waals surface area contributed by atoms with Crippen LogP contribution < -0.4 is 10.9 Å². The molecule has 0 fully saturated rings. The largest absolute Gasteiger partial charge is 0.469 e. The van der Waals surface area contributed by atoms with Gasteiger partial charge in [0, 0.05) is 16.6 Å². The zero-order valence-electron chi connectivity index (χ0n) is 16.5. The molecule has 152 valence electrons. The van der Waals surface area contributed by atoms with E-state index in [1.807, 2.05) is 30.3 Å². The lowest BCUT2D eigenvalue weighted by molar-refractivity contribution is -0.141. The number of aromatic amines is 1. The van der Waals surface area contributed by atoms with Gasteiger partial charge in [-0.2, -0.15) is 5.26 Å². The Morgan fingerprint density at radius 1 is 1.28 bits per heavy atom. The van der Waals surface area contributed by atoms with E-state index in [2.05, 4.69) is 26.2 Å². The SMILES string of the molecule is COC(=O)CC(NC(=O)CCc1c(C)[nH]c(=O)c(C#N)c1C)c1ccc(Br)cc1. The number of nitriles is 1. The van der Waals surface area contributed by atoms with E-state index in [1.54, 1.807) is 13.8 Å². The number of aromatic nitrogens is 1. The van der Waals surface area contributed by atoms with Gasteiger partial charge in [-0.15, -0.1) is 0 Å². The van der Waals surface area contributed by atoms with Crippen LogP contribution in [-0.4, -0.2) is 24.0 Å². The van der Waals surface area contributed by atoms with E-state index >= 15 is 0 Å². The minimum atomic E-state index is -0.518. The number of benzene rings is 1. The van der Waals surface area contributed by atoms with Crippen LogP contribution in [-0.2, 0) is 20.7 Å². The number of nitrogens with one attached hydrogen (secondary N) is 2. The number of amides is 1. The zero-order valence-corrected chi connectivity index (χ0v) is 18.1. The first kappa shape index (κ1) is 22.4. The van der Waals surface area contributed by atoms with Crippen molar-refractivity contribution < 1.29 is 14.3 Å². The third kappa shape index (κ3) is 5.78. The Bertz CT molecular complexity index is 1010. The van der Waals surface area contributed by atoms with Crippen molar-refractivity contribution >= 4 is 27.8 Å². The van der Waals surface area contributed by atoms with Crippen molar-refractivity contribution in [1.82, 2.24) is 10.3 Å². The molecule has 7 nitrogen and oxygen atoms in total. The molecule has 1 amide bonds. The summed E-state index contributed by atoms with van der Waals surface area (Å²) in [6.07, 6.45) is 0.520. The second kappa shape index (κ2) is 10.0. The van der Waals surface area contributed by atoms with Gasteiger partial charge >= 0.3 is 5.97 Å². The quantitative estimate of drug-likeness (QED) is 0.617. The van der Waals surface area contributed by atoms with Crippen LogP contribution in [0.15, 0.2) is 33.5 Å². The molecule has 0 saturated carbocycles. The molecule has 0 aliphatic heterocycles. The fraction of sp³-hybridized carbons (Fsp3) is 0.333. The van der Waals surface area contributed by atoms with Gasteiger partial charge in [-0.1, -0.05) is 28.1 Å². The topological polar surface area (TPSA) is 112 Å². The summed E-state index contributed by atoms with van der Waals surface area (Å²) in [6, 6.07) is 8.71. The predicted molar refractivity (Wildman–Crippen MR) is 111 cm³/mol. The van der Waals surface area contributed by atoms with Crippen LogP contribution in [0.2, 0.25) is 0 Å². The highest BCUT2D eigenvalue weighted by Gasteiger charge is 2.20. The van der Waals surface area contributed by atoms with Crippen LogP contribution in [0.5, 0.6) is 0 Å². The van der Waals surface area contributed by atoms with Crippen LogP contribution in [0.1, 0.15) is 46.8 Å². The normalized spacial score (nSPS) is 11.4. The number of ether oxygens (including phenoxy) is 1. The standard InChI is InChI=1S/C21H22BrN3O4/c1-12-16(13(2)24-21(28)17(12)11-23)8-9-19(26)25-18(10-20(27)29-3)14-4-6-15(22)7-5-14/h4-7,18H,8-10H2,1-3H3,(H,24,28)(H,25,26). The van der Waals surface area contributed by atoms with E-state index in [9.17, 15) is 14.4 Å². The summed E-state index contributed by atoms with van der Waals surface area (Å²) < 4.78 is 5.63. The highest BCUT2D eigenvalue weighted by molar-refractivity contribution is 9.10. The molecule has 1 heterocycles. The second-order valence-corrected chi connectivity index (χ2v) is 7.54. The Labute approximate surface area is 177 Å². The van der Waals surface area contributed by atoms with Crippen LogP contribution in [0, 0.1) is 25.2 Å². The van der Waals surface area contributed by atoms with Crippen LogP contribution in [0.4, 0.5) is 0 Å². The van der Waals surface area contributed by atoms with E-state index in [0.29, 0.717) is 17.7 Å². The van der Waals surface area contributed by atoms with Crippen molar-refractivity contribution in [2.75, 3.05) is 7.11 Å². The number of halogens is 1. The summed E-state index contributed by atoms with van der Waals surface area (Å²) in [5, 5.41) is 12.0. The Balaban J connectivity index is 2.15. The summed E-state index contributed by atoms with van der Waals surface area (Å²) in [5.74, 6) is -0.672. The van der Waals surface area contributed by atoms with Crippen molar-refractivity contribution in [3.63, 3.8) is 0 Å². The molecule has 0 aliphatic rings. The number of rotatable bonds is 7. The third-order valence-corrected chi connectivity index (χ3v) is 5.26. The number of pyridine rings is 1. The maximum absolute atomic E-state index is 12.6. The van der Waals surface area contributed by atoms with E-state index in [-0.39, 0.29) is 24.3 Å². The molecule has 1 unspecified atom stereocenters. The molecule has 29 heavy (non-hydrogen) atoms. The summed E-state index contributed by atoms with van der Waals surface area (Å²) in [5.41, 5.74) is 2.41. The number of methoxy groups -OCH3 is 1. The first-order valence-corrected chi connectivity index (χ1v) is 9.80. The van der Waals surface area contributed by atoms with Gasteiger partial charge in [0.25, 0.3) is 5.56 Å². The number of aryl methyl sites for hydroxylation is 1. The number of nitrogens with zero attached hydrogens (tertiary/aromatic N) is 1. The number of carbonyl (C=O) groups is 2. The van der Waals surface area contributed by atoms with Crippen molar-refractivity contribution in [1.29, 1.82) is 5.26 Å². The molecule has 1 aromatic heterocycles. The third-order valence-electron chi connectivity index (χ3n) is 4.73. The molecule has 0 aliphatic carbocycles. The Kier molecular flexibility index (Phi) is 7.74. The molecule has 2 N–H and O–H groups in total. The Morgan fingerprint density at radius 3 is 2.52 bits per heavy atom. The summed E-state index contributed by atoms with van der Waals surface area (Å²) in [7, 11) is 1.30.